The number of allylic oxidation sites excluding steroid dienone is 5. The molecular formula is C10H15N2. The first kappa shape index (κ1) is 9.07. The van der Waals surface area contributed by atoms with E-state index >= 15 is 0 Å². The Balaban J connectivity index is 2.26. The van der Waals surface area contributed by atoms with E-state index in [1.807, 2.05) is 24.4 Å². The van der Waals surface area contributed by atoms with Gasteiger partial charge in [0.05, 0.1) is 0 Å². The third-order valence-electron chi connectivity index (χ3n) is 1.62. The second kappa shape index (κ2) is 5.61. The Bertz CT molecular complexity index is 202. The zero-order valence-electron chi connectivity index (χ0n) is 7.16. The average molecular weight is 163 g/mol. The molecule has 1 heterocycles. The molecule has 0 spiro atoms. The predicted octanol–water partition coefficient (Wildman–Crippen LogP) is 1.49. The van der Waals surface area contributed by atoms with E-state index in [1.165, 1.54) is 0 Å². The predicted molar refractivity (Wildman–Crippen MR) is 52.1 cm³/mol. The number of hydrogen-bond acceptors (Lipinski definition) is 2. The van der Waals surface area contributed by atoms with E-state index in [0.717, 1.165) is 25.1 Å². The van der Waals surface area contributed by atoms with Crippen LogP contribution in [0.25, 0.3) is 0 Å². The fourth-order valence-corrected chi connectivity index (χ4v) is 0.974. The Morgan fingerprint density at radius 1 is 1.33 bits per heavy atom. The van der Waals surface area contributed by atoms with Gasteiger partial charge in [-0.05, 0) is 31.5 Å². The lowest BCUT2D eigenvalue weighted by molar-refractivity contribution is 0.812. The second-order valence-corrected chi connectivity index (χ2v) is 2.65. The van der Waals surface area contributed by atoms with Gasteiger partial charge < -0.3 is 11.1 Å². The van der Waals surface area contributed by atoms with Crippen molar-refractivity contribution < 1.29 is 0 Å². The third-order valence-corrected chi connectivity index (χ3v) is 1.62. The fourth-order valence-electron chi connectivity index (χ4n) is 0.974. The summed E-state index contributed by atoms with van der Waals surface area (Å²) in [5, 5.41) is 3.16. The smallest absolute Gasteiger partial charge is 0.0184 e. The van der Waals surface area contributed by atoms with Crippen LogP contribution in [0.3, 0.4) is 0 Å². The van der Waals surface area contributed by atoms with Crippen molar-refractivity contribution in [2.75, 3.05) is 6.54 Å². The van der Waals surface area contributed by atoms with Crippen molar-refractivity contribution in [2.45, 2.75) is 12.8 Å². The number of hydrogen-bond donors (Lipinski definition) is 2. The maximum absolute atomic E-state index is 5.39. The summed E-state index contributed by atoms with van der Waals surface area (Å²) in [6, 6.07) is 0. The van der Waals surface area contributed by atoms with Gasteiger partial charge in [0.1, 0.15) is 0 Å². The van der Waals surface area contributed by atoms with Crippen LogP contribution in [0.5, 0.6) is 0 Å². The maximum Gasteiger partial charge on any atom is 0.0184 e. The van der Waals surface area contributed by atoms with Gasteiger partial charge in [0.2, 0.25) is 0 Å². The Kier molecular flexibility index (Phi) is 4.24. The molecule has 0 unspecified atom stereocenters. The molecule has 0 amide bonds. The molecule has 1 aliphatic heterocycles. The van der Waals surface area contributed by atoms with Crippen LogP contribution in [0.15, 0.2) is 36.2 Å². The van der Waals surface area contributed by atoms with Gasteiger partial charge in [-0.1, -0.05) is 12.2 Å². The SMILES string of the molecule is NCCC[CH]C1=CC=CC=CN1. The molecule has 0 aromatic heterocycles. The molecule has 1 rings (SSSR count). The zero-order valence-corrected chi connectivity index (χ0v) is 7.16. The summed E-state index contributed by atoms with van der Waals surface area (Å²) >= 11 is 0. The lowest BCUT2D eigenvalue weighted by Gasteiger charge is -2.03. The van der Waals surface area contributed by atoms with Crippen molar-refractivity contribution in [3.8, 4) is 0 Å². The van der Waals surface area contributed by atoms with Crippen molar-refractivity contribution >= 4 is 0 Å². The highest BCUT2D eigenvalue weighted by atomic mass is 14.8. The molecule has 0 aromatic rings. The van der Waals surface area contributed by atoms with Gasteiger partial charge >= 0.3 is 0 Å². The van der Waals surface area contributed by atoms with Gasteiger partial charge in [0.25, 0.3) is 0 Å². The molecule has 0 aromatic carbocycles. The van der Waals surface area contributed by atoms with Gasteiger partial charge in [-0.3, -0.25) is 0 Å². The van der Waals surface area contributed by atoms with Gasteiger partial charge in [-0.25, -0.2) is 0 Å². The van der Waals surface area contributed by atoms with Crippen LogP contribution < -0.4 is 11.1 Å². The molecule has 2 heteroatoms. The molecule has 0 atom stereocenters. The Hall–Kier alpha value is -1.02. The van der Waals surface area contributed by atoms with E-state index in [1.54, 1.807) is 0 Å². The molecule has 1 aliphatic rings. The highest BCUT2D eigenvalue weighted by Crippen LogP contribution is 2.04. The van der Waals surface area contributed by atoms with E-state index in [4.69, 9.17) is 5.73 Å². The molecule has 12 heavy (non-hydrogen) atoms. The summed E-state index contributed by atoms with van der Waals surface area (Å²) in [5.41, 5.74) is 6.53. The Labute approximate surface area is 73.8 Å². The normalized spacial score (nSPS) is 15.2. The fraction of sp³-hybridized carbons (Fsp3) is 0.300. The third kappa shape index (κ3) is 3.39. The second-order valence-electron chi connectivity index (χ2n) is 2.65. The highest BCUT2D eigenvalue weighted by Gasteiger charge is 1.94. The largest absolute Gasteiger partial charge is 0.365 e. The first-order valence-corrected chi connectivity index (χ1v) is 4.27. The lowest BCUT2D eigenvalue weighted by atomic mass is 10.2. The van der Waals surface area contributed by atoms with E-state index < -0.39 is 0 Å². The van der Waals surface area contributed by atoms with E-state index in [9.17, 15) is 0 Å². The van der Waals surface area contributed by atoms with Crippen molar-refractivity contribution in [1.82, 2.24) is 5.32 Å². The van der Waals surface area contributed by atoms with Crippen molar-refractivity contribution in [2.24, 2.45) is 5.73 Å². The van der Waals surface area contributed by atoms with Crippen LogP contribution in [0.1, 0.15) is 12.8 Å². The molecule has 0 saturated heterocycles. The van der Waals surface area contributed by atoms with Crippen LogP contribution in [0, 0.1) is 6.42 Å². The molecular weight excluding hydrogens is 148 g/mol. The molecule has 2 nitrogen and oxygen atoms in total. The molecule has 1 radical (unpaired) electrons. The summed E-state index contributed by atoms with van der Waals surface area (Å²) < 4.78 is 0. The minimum absolute atomic E-state index is 0.759. The minimum atomic E-state index is 0.759. The van der Waals surface area contributed by atoms with Crippen LogP contribution in [-0.4, -0.2) is 6.54 Å². The van der Waals surface area contributed by atoms with Crippen LogP contribution >= 0.6 is 0 Å². The van der Waals surface area contributed by atoms with Gasteiger partial charge in [-0.2, -0.15) is 0 Å². The number of nitrogens with two attached hydrogens (primary N) is 1. The van der Waals surface area contributed by atoms with Crippen LogP contribution in [0.4, 0.5) is 0 Å². The Morgan fingerprint density at radius 3 is 3.08 bits per heavy atom. The first-order valence-electron chi connectivity index (χ1n) is 4.27. The molecule has 3 N–H and O–H groups in total. The van der Waals surface area contributed by atoms with E-state index in [2.05, 4.69) is 17.8 Å². The average Bonchev–Trinajstić information content (AvgIpc) is 2.33. The summed E-state index contributed by atoms with van der Waals surface area (Å²) in [7, 11) is 0. The summed E-state index contributed by atoms with van der Waals surface area (Å²) in [6.07, 6.45) is 14.2. The number of rotatable bonds is 4. The van der Waals surface area contributed by atoms with Crippen molar-refractivity contribution in [3.63, 3.8) is 0 Å². The van der Waals surface area contributed by atoms with Gasteiger partial charge in [0.15, 0.2) is 0 Å². The maximum atomic E-state index is 5.39. The van der Waals surface area contributed by atoms with Crippen molar-refractivity contribution in [1.29, 1.82) is 0 Å². The molecule has 65 valence electrons. The van der Waals surface area contributed by atoms with Crippen molar-refractivity contribution in [3.05, 3.63) is 42.6 Å². The quantitative estimate of drug-likeness (QED) is 0.616. The van der Waals surface area contributed by atoms with E-state index in [0.29, 0.717) is 0 Å². The molecule has 0 fully saturated rings. The van der Waals surface area contributed by atoms with Gasteiger partial charge in [-0.15, -0.1) is 0 Å². The molecule has 0 aliphatic carbocycles. The highest BCUT2D eigenvalue weighted by molar-refractivity contribution is 5.25. The first-order chi connectivity index (χ1) is 5.93. The lowest BCUT2D eigenvalue weighted by Crippen LogP contribution is -2.06. The van der Waals surface area contributed by atoms with Crippen LogP contribution in [0.2, 0.25) is 0 Å². The molecule has 0 saturated carbocycles. The van der Waals surface area contributed by atoms with Gasteiger partial charge in [0, 0.05) is 18.3 Å². The number of unbranched alkanes of at least 4 members (excludes halogenated alkanes) is 1. The van der Waals surface area contributed by atoms with E-state index in [-0.39, 0.29) is 0 Å². The number of nitrogens with one attached hydrogen (secondary N) is 1. The standard InChI is InChI=1S/C10H15N2/c11-8-4-3-7-10-6-2-1-5-9-12-10/h1-2,5-7,9,12H,3-4,8,11H2. The topological polar surface area (TPSA) is 38.0 Å². The summed E-state index contributed by atoms with van der Waals surface area (Å²) in [4.78, 5) is 0. The monoisotopic (exact) mass is 163 g/mol. The summed E-state index contributed by atoms with van der Waals surface area (Å²) in [5.74, 6) is 0. The minimum Gasteiger partial charge on any atom is -0.365 e. The molecule has 0 bridgehead atoms. The Morgan fingerprint density at radius 2 is 2.25 bits per heavy atom. The van der Waals surface area contributed by atoms with Crippen LogP contribution in [-0.2, 0) is 0 Å². The summed E-state index contributed by atoms with van der Waals surface area (Å²) in [6.45, 7) is 0.759. The zero-order chi connectivity index (χ0) is 8.65.